The second kappa shape index (κ2) is 10.7. The molecule has 0 saturated heterocycles. The van der Waals surface area contributed by atoms with Crippen molar-refractivity contribution in [2.24, 2.45) is 12.0 Å². The Morgan fingerprint density at radius 1 is 1.23 bits per heavy atom. The maximum atomic E-state index is 12.6. The Balaban J connectivity index is 0.00000320. The van der Waals surface area contributed by atoms with Crippen LogP contribution in [0, 0.1) is 0 Å². The fourth-order valence-corrected chi connectivity index (χ4v) is 3.19. The molecule has 3 aromatic heterocycles. The van der Waals surface area contributed by atoms with Crippen molar-refractivity contribution in [2.75, 3.05) is 25.0 Å². The van der Waals surface area contributed by atoms with E-state index in [4.69, 9.17) is 0 Å². The largest absolute Gasteiger partial charge is 0.434 e. The first-order chi connectivity index (χ1) is 13.9. The van der Waals surface area contributed by atoms with Crippen molar-refractivity contribution in [3.63, 3.8) is 0 Å². The highest BCUT2D eigenvalue weighted by atomic mass is 127. The molecule has 0 aliphatic carbocycles. The van der Waals surface area contributed by atoms with Crippen LogP contribution in [0.3, 0.4) is 0 Å². The smallest absolute Gasteiger partial charge is 0.368 e. The van der Waals surface area contributed by atoms with Crippen LogP contribution in [0.25, 0.3) is 11.0 Å². The van der Waals surface area contributed by atoms with E-state index in [1.54, 1.807) is 17.9 Å². The molecule has 0 radical (unpaired) electrons. The molecule has 0 aromatic carbocycles. The van der Waals surface area contributed by atoms with Gasteiger partial charge in [0.1, 0.15) is 17.2 Å². The van der Waals surface area contributed by atoms with Gasteiger partial charge in [-0.1, -0.05) is 0 Å². The quantitative estimate of drug-likeness (QED) is 0.178. The van der Waals surface area contributed by atoms with Gasteiger partial charge in [-0.2, -0.15) is 18.3 Å². The van der Waals surface area contributed by atoms with Crippen LogP contribution in [0.4, 0.5) is 19.0 Å². The monoisotopic (exact) mass is 555 g/mol. The molecule has 164 valence electrons. The van der Waals surface area contributed by atoms with Gasteiger partial charge in [0.05, 0.1) is 18.1 Å². The maximum absolute atomic E-state index is 12.6. The van der Waals surface area contributed by atoms with Gasteiger partial charge in [-0.05, 0) is 6.92 Å². The third kappa shape index (κ3) is 6.13. The van der Waals surface area contributed by atoms with Crippen LogP contribution < -0.4 is 16.0 Å². The highest BCUT2D eigenvalue weighted by Gasteiger charge is 2.33. The summed E-state index contributed by atoms with van der Waals surface area (Å²) in [6.07, 6.45) is -1.28. The fourth-order valence-electron chi connectivity index (χ4n) is 2.47. The third-order valence-electron chi connectivity index (χ3n) is 3.80. The molecule has 30 heavy (non-hydrogen) atoms. The minimum atomic E-state index is -4.44. The molecule has 0 aliphatic heterocycles. The minimum absolute atomic E-state index is 0. The molecule has 0 saturated carbocycles. The van der Waals surface area contributed by atoms with Crippen LogP contribution in [0.1, 0.15) is 17.6 Å². The summed E-state index contributed by atoms with van der Waals surface area (Å²) in [4.78, 5) is 16.3. The van der Waals surface area contributed by atoms with E-state index in [0.717, 1.165) is 27.8 Å². The summed E-state index contributed by atoms with van der Waals surface area (Å²) in [5, 5.41) is 15.6. The SMILES string of the molecule is CCNC(=NCc1nc(C(F)(F)F)cs1)NCCNc1ncnc2c1cnn2C.I. The van der Waals surface area contributed by atoms with Crippen molar-refractivity contribution in [3.05, 3.63) is 28.6 Å². The molecule has 3 heterocycles. The Kier molecular flexibility index (Phi) is 8.57. The molecule has 0 atom stereocenters. The second-order valence-electron chi connectivity index (χ2n) is 5.90. The van der Waals surface area contributed by atoms with Gasteiger partial charge in [0.15, 0.2) is 17.3 Å². The van der Waals surface area contributed by atoms with Crippen LogP contribution in [0.5, 0.6) is 0 Å². The van der Waals surface area contributed by atoms with Gasteiger partial charge < -0.3 is 16.0 Å². The summed E-state index contributed by atoms with van der Waals surface area (Å²) < 4.78 is 39.5. The standard InChI is InChI=1S/C16H20F3N9S.HI/c1-3-20-15(23-7-12-27-11(8-29-12)16(17,18)19)22-5-4-21-13-10-6-26-28(2)14(10)25-9-24-13;/h6,8-9H,3-5,7H2,1-2H3,(H2,20,22,23)(H,21,24,25);1H. The number of fused-ring (bicyclic) bond motifs is 1. The number of hydrogen-bond acceptors (Lipinski definition) is 7. The van der Waals surface area contributed by atoms with E-state index in [1.807, 2.05) is 6.92 Å². The zero-order valence-corrected chi connectivity index (χ0v) is 19.3. The summed E-state index contributed by atoms with van der Waals surface area (Å²) in [7, 11) is 1.81. The summed E-state index contributed by atoms with van der Waals surface area (Å²) in [6, 6.07) is 0. The Labute approximate surface area is 191 Å². The molecule has 0 bridgehead atoms. The summed E-state index contributed by atoms with van der Waals surface area (Å²) in [6.45, 7) is 3.64. The van der Waals surface area contributed by atoms with Crippen molar-refractivity contribution >= 4 is 58.1 Å². The summed E-state index contributed by atoms with van der Waals surface area (Å²) >= 11 is 0.937. The van der Waals surface area contributed by atoms with Crippen LogP contribution in [-0.2, 0) is 19.8 Å². The van der Waals surface area contributed by atoms with Gasteiger partial charge in [-0.3, -0.25) is 4.68 Å². The first-order valence-corrected chi connectivity index (χ1v) is 9.66. The molecule has 0 fully saturated rings. The first kappa shape index (κ1) is 24.0. The predicted octanol–water partition coefficient (Wildman–Crippen LogP) is 2.62. The highest BCUT2D eigenvalue weighted by Crippen LogP contribution is 2.30. The molecule has 0 amide bonds. The van der Waals surface area contributed by atoms with E-state index in [2.05, 4.69) is 41.0 Å². The fraction of sp³-hybridized carbons (Fsp3) is 0.438. The van der Waals surface area contributed by atoms with E-state index >= 15 is 0 Å². The zero-order chi connectivity index (χ0) is 20.9. The van der Waals surface area contributed by atoms with Gasteiger partial charge in [-0.25, -0.2) is 19.9 Å². The molecule has 0 spiro atoms. The summed E-state index contributed by atoms with van der Waals surface area (Å²) in [5.41, 5.74) is -0.159. The van der Waals surface area contributed by atoms with E-state index in [0.29, 0.717) is 36.4 Å². The lowest BCUT2D eigenvalue weighted by Crippen LogP contribution is -2.39. The van der Waals surface area contributed by atoms with Crippen molar-refractivity contribution in [2.45, 2.75) is 19.6 Å². The highest BCUT2D eigenvalue weighted by molar-refractivity contribution is 14.0. The lowest BCUT2D eigenvalue weighted by molar-refractivity contribution is -0.140. The van der Waals surface area contributed by atoms with Crippen molar-refractivity contribution in [1.82, 2.24) is 35.4 Å². The molecular formula is C16H21F3IN9S. The lowest BCUT2D eigenvalue weighted by atomic mass is 10.4. The molecule has 3 N–H and O–H groups in total. The number of alkyl halides is 3. The number of nitrogens with one attached hydrogen (secondary N) is 3. The van der Waals surface area contributed by atoms with E-state index in [-0.39, 0.29) is 30.5 Å². The molecule has 9 nitrogen and oxygen atoms in total. The number of rotatable bonds is 7. The van der Waals surface area contributed by atoms with Crippen LogP contribution in [0.2, 0.25) is 0 Å². The number of hydrogen-bond donors (Lipinski definition) is 3. The number of halogens is 4. The molecule has 14 heteroatoms. The van der Waals surface area contributed by atoms with Gasteiger partial charge in [0, 0.05) is 32.1 Å². The topological polar surface area (TPSA) is 105 Å². The maximum Gasteiger partial charge on any atom is 0.434 e. The van der Waals surface area contributed by atoms with Crippen molar-refractivity contribution in [3.8, 4) is 0 Å². The number of thiazole rings is 1. The van der Waals surface area contributed by atoms with Crippen molar-refractivity contribution < 1.29 is 13.2 Å². The number of aryl methyl sites for hydroxylation is 1. The number of guanidine groups is 1. The van der Waals surface area contributed by atoms with Crippen LogP contribution >= 0.6 is 35.3 Å². The zero-order valence-electron chi connectivity index (χ0n) is 16.2. The van der Waals surface area contributed by atoms with Crippen molar-refractivity contribution in [1.29, 1.82) is 0 Å². The van der Waals surface area contributed by atoms with Crippen LogP contribution in [-0.4, -0.2) is 50.3 Å². The average molecular weight is 555 g/mol. The van der Waals surface area contributed by atoms with E-state index in [9.17, 15) is 13.2 Å². The lowest BCUT2D eigenvalue weighted by Gasteiger charge is -2.12. The molecule has 0 unspecified atom stereocenters. The molecular weight excluding hydrogens is 534 g/mol. The van der Waals surface area contributed by atoms with E-state index in [1.165, 1.54) is 6.33 Å². The van der Waals surface area contributed by atoms with Crippen LogP contribution in [0.15, 0.2) is 22.9 Å². The second-order valence-corrected chi connectivity index (χ2v) is 6.84. The van der Waals surface area contributed by atoms with E-state index < -0.39 is 11.9 Å². The Morgan fingerprint density at radius 2 is 2.03 bits per heavy atom. The van der Waals surface area contributed by atoms with Gasteiger partial charge >= 0.3 is 6.18 Å². The normalized spacial score (nSPS) is 12.0. The first-order valence-electron chi connectivity index (χ1n) is 8.79. The molecule has 3 rings (SSSR count). The third-order valence-corrected chi connectivity index (χ3v) is 4.63. The number of aromatic nitrogens is 5. The number of aliphatic imine (C=N–C) groups is 1. The van der Waals surface area contributed by atoms with Gasteiger partial charge in [-0.15, -0.1) is 35.3 Å². The van der Waals surface area contributed by atoms with Gasteiger partial charge in [0.2, 0.25) is 0 Å². The van der Waals surface area contributed by atoms with Gasteiger partial charge in [0.25, 0.3) is 0 Å². The molecule has 3 aromatic rings. The Morgan fingerprint density at radius 3 is 2.73 bits per heavy atom. The average Bonchev–Trinajstić information content (AvgIpc) is 3.31. The summed E-state index contributed by atoms with van der Waals surface area (Å²) in [5.74, 6) is 1.17. The Hall–Kier alpha value is -2.23. The number of anilines is 1. The predicted molar refractivity (Wildman–Crippen MR) is 120 cm³/mol. The number of nitrogens with zero attached hydrogens (tertiary/aromatic N) is 6. The Bertz CT molecular complexity index is 986. The molecule has 0 aliphatic rings. The minimum Gasteiger partial charge on any atom is -0.368 e.